The van der Waals surface area contributed by atoms with Crippen molar-refractivity contribution in [1.82, 2.24) is 16.0 Å². The van der Waals surface area contributed by atoms with Crippen LogP contribution in [0.1, 0.15) is 38.2 Å². The number of nitrogens with two attached hydrogens (primary N) is 3. The van der Waals surface area contributed by atoms with E-state index in [1.807, 2.05) is 0 Å². The lowest BCUT2D eigenvalue weighted by Gasteiger charge is -2.23. The van der Waals surface area contributed by atoms with Crippen LogP contribution in [0.3, 0.4) is 0 Å². The number of nitrogens with one attached hydrogen (secondary N) is 3. The second-order valence-corrected chi connectivity index (χ2v) is 7.94. The molecular formula is C22H34N6O6. The van der Waals surface area contributed by atoms with Gasteiger partial charge in [-0.25, -0.2) is 4.79 Å². The highest BCUT2D eigenvalue weighted by molar-refractivity contribution is 5.94. The summed E-state index contributed by atoms with van der Waals surface area (Å²) in [5, 5.41) is 16.5. The molecule has 0 radical (unpaired) electrons. The van der Waals surface area contributed by atoms with E-state index < -0.39 is 60.2 Å². The van der Waals surface area contributed by atoms with Gasteiger partial charge >= 0.3 is 5.97 Å². The highest BCUT2D eigenvalue weighted by Crippen LogP contribution is 2.06. The summed E-state index contributed by atoms with van der Waals surface area (Å²) in [6.07, 6.45) is 1.23. The fourth-order valence-electron chi connectivity index (χ4n) is 3.06. The van der Waals surface area contributed by atoms with Crippen molar-refractivity contribution in [3.05, 3.63) is 35.9 Å². The second-order valence-electron chi connectivity index (χ2n) is 7.94. The van der Waals surface area contributed by atoms with Crippen molar-refractivity contribution in [2.75, 3.05) is 6.54 Å². The first-order chi connectivity index (χ1) is 16.0. The molecule has 0 bridgehead atoms. The molecular weight excluding hydrogens is 444 g/mol. The van der Waals surface area contributed by atoms with Crippen molar-refractivity contribution >= 4 is 29.6 Å². The first-order valence-electron chi connectivity index (χ1n) is 11.0. The molecule has 4 atom stereocenters. The number of unbranched alkanes of at least 4 members (excludes halogenated alkanes) is 1. The van der Waals surface area contributed by atoms with Crippen LogP contribution >= 0.6 is 0 Å². The fraction of sp³-hybridized carbons (Fsp3) is 0.500. The number of hydrogen-bond donors (Lipinski definition) is 7. The Balaban J connectivity index is 2.88. The minimum absolute atomic E-state index is 0.0423. The van der Waals surface area contributed by atoms with Gasteiger partial charge in [-0.1, -0.05) is 36.8 Å². The van der Waals surface area contributed by atoms with Crippen LogP contribution in [0.2, 0.25) is 0 Å². The molecule has 12 nitrogen and oxygen atoms in total. The molecule has 34 heavy (non-hydrogen) atoms. The van der Waals surface area contributed by atoms with Crippen LogP contribution in [-0.2, 0) is 30.4 Å². The maximum Gasteiger partial charge on any atom is 0.326 e. The topological polar surface area (TPSA) is 220 Å². The summed E-state index contributed by atoms with van der Waals surface area (Å²) < 4.78 is 0. The van der Waals surface area contributed by atoms with Gasteiger partial charge in [-0.3, -0.25) is 19.2 Å². The summed E-state index contributed by atoms with van der Waals surface area (Å²) in [5.41, 5.74) is 17.0. The number of carboxylic acids is 1. The highest BCUT2D eigenvalue weighted by Gasteiger charge is 2.29. The van der Waals surface area contributed by atoms with Gasteiger partial charge < -0.3 is 38.3 Å². The van der Waals surface area contributed by atoms with Crippen LogP contribution in [0.5, 0.6) is 0 Å². The quantitative estimate of drug-likeness (QED) is 0.141. The Morgan fingerprint density at radius 2 is 1.53 bits per heavy atom. The predicted octanol–water partition coefficient (Wildman–Crippen LogP) is -1.88. The summed E-state index contributed by atoms with van der Waals surface area (Å²) in [7, 11) is 0. The molecule has 0 saturated heterocycles. The van der Waals surface area contributed by atoms with Gasteiger partial charge in [0.15, 0.2) is 0 Å². The standard InChI is InChI=1S/C22H34N6O6/c1-13(26-20(31)15(24)9-5-6-10-23)19(30)27-16(11-14-7-3-2-4-8-14)21(32)28-17(22(33)34)12-18(25)29/h2-4,7-8,13,15-17H,5-6,9-12,23-24H2,1H3,(H2,25,29)(H,26,31)(H,27,30)(H,28,32)(H,33,34)/t13-,15-,16-,17-/m0/s1. The molecule has 10 N–H and O–H groups in total. The van der Waals surface area contributed by atoms with E-state index in [9.17, 15) is 29.1 Å². The Morgan fingerprint density at radius 1 is 0.912 bits per heavy atom. The molecule has 4 amide bonds. The summed E-state index contributed by atoms with van der Waals surface area (Å²) in [4.78, 5) is 60.3. The predicted molar refractivity (Wildman–Crippen MR) is 124 cm³/mol. The number of benzene rings is 1. The molecule has 0 aromatic heterocycles. The van der Waals surface area contributed by atoms with Gasteiger partial charge in [0.05, 0.1) is 12.5 Å². The Bertz CT molecular complexity index is 850. The van der Waals surface area contributed by atoms with Crippen LogP contribution in [0.25, 0.3) is 0 Å². The van der Waals surface area contributed by atoms with E-state index in [2.05, 4.69) is 16.0 Å². The minimum Gasteiger partial charge on any atom is -0.480 e. The molecule has 1 rings (SSSR count). The van der Waals surface area contributed by atoms with Crippen LogP contribution in [0.4, 0.5) is 0 Å². The lowest BCUT2D eigenvalue weighted by Crippen LogP contribution is -2.57. The Morgan fingerprint density at radius 3 is 2.09 bits per heavy atom. The van der Waals surface area contributed by atoms with Crippen LogP contribution < -0.4 is 33.2 Å². The molecule has 0 aliphatic rings. The van der Waals surface area contributed by atoms with Crippen molar-refractivity contribution in [3.8, 4) is 0 Å². The number of primary amides is 1. The molecule has 1 aromatic carbocycles. The summed E-state index contributed by atoms with van der Waals surface area (Å²) in [6, 6.07) is 4.18. The maximum atomic E-state index is 12.8. The molecule has 1 aromatic rings. The van der Waals surface area contributed by atoms with E-state index in [1.165, 1.54) is 6.92 Å². The normalized spacial score (nSPS) is 14.2. The van der Waals surface area contributed by atoms with Crippen LogP contribution in [-0.4, -0.2) is 65.4 Å². The van der Waals surface area contributed by atoms with E-state index in [4.69, 9.17) is 17.2 Å². The highest BCUT2D eigenvalue weighted by atomic mass is 16.4. The number of aliphatic carboxylic acids is 1. The fourth-order valence-corrected chi connectivity index (χ4v) is 3.06. The van der Waals surface area contributed by atoms with Gasteiger partial charge in [0.2, 0.25) is 23.6 Å². The number of amides is 4. The average molecular weight is 479 g/mol. The molecule has 12 heteroatoms. The van der Waals surface area contributed by atoms with E-state index in [0.717, 1.165) is 6.42 Å². The number of rotatable bonds is 15. The first-order valence-corrected chi connectivity index (χ1v) is 11.0. The summed E-state index contributed by atoms with van der Waals surface area (Å²) in [5.74, 6) is -4.35. The van der Waals surface area contributed by atoms with E-state index in [-0.39, 0.29) is 6.42 Å². The molecule has 0 saturated carbocycles. The maximum absolute atomic E-state index is 12.8. The molecule has 0 heterocycles. The van der Waals surface area contributed by atoms with Gasteiger partial charge in [-0.05, 0) is 31.9 Å². The van der Waals surface area contributed by atoms with Gasteiger partial charge in [-0.15, -0.1) is 0 Å². The average Bonchev–Trinajstić information content (AvgIpc) is 2.78. The number of carbonyl (C=O) groups is 5. The Labute approximate surface area is 198 Å². The third-order valence-electron chi connectivity index (χ3n) is 4.99. The Kier molecular flexibility index (Phi) is 12.2. The largest absolute Gasteiger partial charge is 0.480 e. The van der Waals surface area contributed by atoms with Crippen LogP contribution in [0.15, 0.2) is 30.3 Å². The van der Waals surface area contributed by atoms with Gasteiger partial charge in [0.1, 0.15) is 18.1 Å². The van der Waals surface area contributed by atoms with Gasteiger partial charge in [0, 0.05) is 6.42 Å². The summed E-state index contributed by atoms with van der Waals surface area (Å²) in [6.45, 7) is 1.92. The van der Waals surface area contributed by atoms with Crippen molar-refractivity contribution < 1.29 is 29.1 Å². The Hall–Kier alpha value is -3.51. The van der Waals surface area contributed by atoms with Crippen molar-refractivity contribution in [1.29, 1.82) is 0 Å². The monoisotopic (exact) mass is 478 g/mol. The number of carboxylic acid groups (broad SMARTS) is 1. The lowest BCUT2D eigenvalue weighted by molar-refractivity contribution is -0.143. The molecule has 0 unspecified atom stereocenters. The van der Waals surface area contributed by atoms with Crippen molar-refractivity contribution in [2.24, 2.45) is 17.2 Å². The third kappa shape index (κ3) is 10.4. The molecule has 0 fully saturated rings. The van der Waals surface area contributed by atoms with Crippen LogP contribution in [0, 0.1) is 0 Å². The van der Waals surface area contributed by atoms with Gasteiger partial charge in [0.25, 0.3) is 0 Å². The molecule has 188 valence electrons. The van der Waals surface area contributed by atoms with Crippen molar-refractivity contribution in [2.45, 2.75) is 63.2 Å². The lowest BCUT2D eigenvalue weighted by atomic mass is 10.0. The summed E-state index contributed by atoms with van der Waals surface area (Å²) >= 11 is 0. The first kappa shape index (κ1) is 28.5. The third-order valence-corrected chi connectivity index (χ3v) is 4.99. The number of carbonyl (C=O) groups excluding carboxylic acids is 4. The number of hydrogen-bond acceptors (Lipinski definition) is 7. The zero-order chi connectivity index (χ0) is 25.7. The SMILES string of the molecule is C[C@H](NC(=O)[C@@H](N)CCCCN)C(=O)N[C@@H](Cc1ccccc1)C(=O)N[C@@H](CC(N)=O)C(=O)O. The molecule has 0 aliphatic heterocycles. The van der Waals surface area contributed by atoms with Gasteiger partial charge in [-0.2, -0.15) is 0 Å². The van der Waals surface area contributed by atoms with Crippen molar-refractivity contribution in [3.63, 3.8) is 0 Å². The zero-order valence-corrected chi connectivity index (χ0v) is 19.2. The van der Waals surface area contributed by atoms with E-state index in [0.29, 0.717) is 24.9 Å². The molecule has 0 spiro atoms. The molecule has 0 aliphatic carbocycles. The minimum atomic E-state index is -1.55. The zero-order valence-electron chi connectivity index (χ0n) is 19.2. The van der Waals surface area contributed by atoms with E-state index in [1.54, 1.807) is 30.3 Å². The smallest absolute Gasteiger partial charge is 0.326 e. The van der Waals surface area contributed by atoms with E-state index >= 15 is 0 Å². The second kappa shape index (κ2) is 14.6.